The number of carboxylic acid groups (broad SMARTS) is 1. The van der Waals surface area contributed by atoms with Gasteiger partial charge >= 0.3 is 5.97 Å². The maximum Gasteiger partial charge on any atom is 0.329 e. The summed E-state index contributed by atoms with van der Waals surface area (Å²) < 4.78 is 61.6. The number of carbonyl (C=O) groups is 1. The average molecular weight is 451 g/mol. The number of aryl methyl sites for hydroxylation is 1. The van der Waals surface area contributed by atoms with Crippen molar-refractivity contribution in [3.8, 4) is 11.1 Å². The predicted molar refractivity (Wildman–Crippen MR) is 114 cm³/mol. The highest BCUT2D eigenvalue weighted by Gasteiger charge is 2.17. The van der Waals surface area contributed by atoms with Gasteiger partial charge in [-0.15, -0.1) is 0 Å². The molecule has 0 atom stereocenters. The van der Waals surface area contributed by atoms with Crippen molar-refractivity contribution in [1.82, 2.24) is 5.32 Å². The number of nitrogens with one attached hydrogen (secondary N) is 1. The van der Waals surface area contributed by atoms with Gasteiger partial charge in [-0.1, -0.05) is 24.3 Å². The van der Waals surface area contributed by atoms with E-state index in [1.807, 2.05) is 0 Å². The summed E-state index contributed by atoms with van der Waals surface area (Å²) in [7, 11) is 0. The van der Waals surface area contributed by atoms with Gasteiger partial charge in [-0.2, -0.15) is 0 Å². The van der Waals surface area contributed by atoms with E-state index in [0.29, 0.717) is 11.1 Å². The van der Waals surface area contributed by atoms with Crippen LogP contribution in [0.2, 0.25) is 0 Å². The molecule has 0 saturated heterocycles. The van der Waals surface area contributed by atoms with Crippen LogP contribution in [-0.4, -0.2) is 30.0 Å². The first-order valence-electron chi connectivity index (χ1n) is 9.81. The smallest absolute Gasteiger partial charge is 0.329 e. The van der Waals surface area contributed by atoms with Crippen LogP contribution in [0.25, 0.3) is 11.1 Å². The number of rotatable bonds is 10. The molecule has 8 heteroatoms. The maximum absolute atomic E-state index is 15.0. The Morgan fingerprint density at radius 1 is 1.22 bits per heavy atom. The first kappa shape index (κ1) is 25.1. The van der Waals surface area contributed by atoms with Crippen molar-refractivity contribution in [2.75, 3.05) is 13.3 Å². The topological polar surface area (TPSA) is 58.6 Å². The number of halogens is 4. The van der Waals surface area contributed by atoms with Crippen LogP contribution in [-0.2, 0) is 16.1 Å². The van der Waals surface area contributed by atoms with E-state index in [0.717, 1.165) is 6.08 Å². The van der Waals surface area contributed by atoms with E-state index in [4.69, 9.17) is 9.84 Å². The molecule has 2 rings (SSSR count). The summed E-state index contributed by atoms with van der Waals surface area (Å²) in [5.74, 6) is -3.23. The van der Waals surface area contributed by atoms with Gasteiger partial charge in [0, 0.05) is 17.7 Å². The minimum Gasteiger partial charge on any atom is -0.480 e. The second-order valence-corrected chi connectivity index (χ2v) is 7.73. The molecule has 32 heavy (non-hydrogen) atoms. The minimum absolute atomic E-state index is 0.164. The quantitative estimate of drug-likeness (QED) is 0.364. The van der Waals surface area contributed by atoms with E-state index < -0.39 is 48.0 Å². The van der Waals surface area contributed by atoms with E-state index in [-0.39, 0.29) is 17.7 Å². The van der Waals surface area contributed by atoms with E-state index in [2.05, 4.69) is 5.32 Å². The number of ether oxygens (including phenoxy) is 1. The molecule has 2 aromatic carbocycles. The number of aliphatic carboxylic acids is 1. The Kier molecular flexibility index (Phi) is 8.60. The molecule has 0 bridgehead atoms. The summed E-state index contributed by atoms with van der Waals surface area (Å²) in [5, 5.41) is 11.2. The molecule has 0 aliphatic rings. The van der Waals surface area contributed by atoms with Crippen LogP contribution in [0.5, 0.6) is 0 Å². The zero-order chi connectivity index (χ0) is 23.9. The lowest BCUT2D eigenvalue weighted by atomic mass is 9.99. The lowest BCUT2D eigenvalue weighted by Gasteiger charge is -2.20. The lowest BCUT2D eigenvalue weighted by molar-refractivity contribution is -0.146. The maximum atomic E-state index is 15.0. The third kappa shape index (κ3) is 7.23. The summed E-state index contributed by atoms with van der Waals surface area (Å²) in [5.41, 5.74) is -0.0950. The van der Waals surface area contributed by atoms with Gasteiger partial charge in [0.1, 0.15) is 30.7 Å². The predicted octanol–water partition coefficient (Wildman–Crippen LogP) is 5.62. The van der Waals surface area contributed by atoms with Crippen LogP contribution in [0, 0.1) is 18.6 Å². The zero-order valence-corrected chi connectivity index (χ0v) is 18.0. The van der Waals surface area contributed by atoms with Crippen molar-refractivity contribution < 1.29 is 32.2 Å². The molecule has 0 heterocycles. The van der Waals surface area contributed by atoms with Crippen LogP contribution in [0.4, 0.5) is 17.6 Å². The monoisotopic (exact) mass is 451 g/mol. The fourth-order valence-electron chi connectivity index (χ4n) is 2.91. The fraction of sp³-hybridized carbons (Fsp3) is 0.292. The molecule has 0 fully saturated rings. The first-order chi connectivity index (χ1) is 15.0. The normalized spacial score (nSPS) is 12.7. The van der Waals surface area contributed by atoms with Gasteiger partial charge in [-0.05, 0) is 56.2 Å². The molecule has 0 saturated carbocycles. The van der Waals surface area contributed by atoms with Crippen LogP contribution >= 0.6 is 0 Å². The standard InChI is InChI=1S/C24H25F4NO3/c1-15-9-17(23(28)19(10-15)16-5-4-6-18(26)11-16)13-29-21(12-25)20(27)7-8-24(2,3)32-14-22(30)31/h4-11,29H,12-14H2,1-3H3,(H,30,31)/b8-7-,21-20-. The van der Waals surface area contributed by atoms with Crippen molar-refractivity contribution >= 4 is 5.97 Å². The van der Waals surface area contributed by atoms with Gasteiger partial charge in [-0.3, -0.25) is 0 Å². The van der Waals surface area contributed by atoms with Gasteiger partial charge in [-0.25, -0.2) is 22.4 Å². The van der Waals surface area contributed by atoms with E-state index in [1.165, 1.54) is 44.2 Å². The number of carboxylic acids is 1. The molecular weight excluding hydrogens is 426 g/mol. The van der Waals surface area contributed by atoms with Crippen LogP contribution in [0.3, 0.4) is 0 Å². The van der Waals surface area contributed by atoms with Crippen LogP contribution in [0.15, 0.2) is 60.1 Å². The molecule has 0 radical (unpaired) electrons. The summed E-state index contributed by atoms with van der Waals surface area (Å²) in [6, 6.07) is 8.61. The first-order valence-corrected chi connectivity index (χ1v) is 9.81. The fourth-order valence-corrected chi connectivity index (χ4v) is 2.91. The second kappa shape index (κ2) is 10.9. The molecule has 0 aliphatic heterocycles. The van der Waals surface area contributed by atoms with Crippen molar-refractivity contribution in [2.45, 2.75) is 32.9 Å². The number of hydrogen-bond acceptors (Lipinski definition) is 3. The Hall–Kier alpha value is -3.13. The summed E-state index contributed by atoms with van der Waals surface area (Å²) >= 11 is 0. The largest absolute Gasteiger partial charge is 0.480 e. The van der Waals surface area contributed by atoms with Gasteiger partial charge in [0.2, 0.25) is 0 Å². The van der Waals surface area contributed by atoms with Crippen molar-refractivity contribution in [1.29, 1.82) is 0 Å². The molecule has 0 aliphatic carbocycles. The molecule has 4 nitrogen and oxygen atoms in total. The lowest BCUT2D eigenvalue weighted by Crippen LogP contribution is -2.25. The molecule has 2 N–H and O–H groups in total. The highest BCUT2D eigenvalue weighted by molar-refractivity contribution is 5.68. The summed E-state index contributed by atoms with van der Waals surface area (Å²) in [6.07, 6.45) is 2.23. The summed E-state index contributed by atoms with van der Waals surface area (Å²) in [6.45, 7) is 2.85. The van der Waals surface area contributed by atoms with Gasteiger partial charge in [0.15, 0.2) is 0 Å². The van der Waals surface area contributed by atoms with Crippen LogP contribution < -0.4 is 5.32 Å². The zero-order valence-electron chi connectivity index (χ0n) is 18.0. The highest BCUT2D eigenvalue weighted by Crippen LogP contribution is 2.27. The number of allylic oxidation sites excluding steroid dienone is 3. The van der Waals surface area contributed by atoms with E-state index in [9.17, 15) is 18.0 Å². The SMILES string of the molecule is Cc1cc(CN/C(CF)=C(F)/C=C\C(C)(C)OCC(=O)O)c(F)c(-c2cccc(F)c2)c1. The number of alkyl halides is 1. The molecule has 0 aromatic heterocycles. The Balaban J connectivity index is 2.22. The molecule has 0 spiro atoms. The number of benzene rings is 2. The van der Waals surface area contributed by atoms with Gasteiger partial charge in [0.25, 0.3) is 0 Å². The van der Waals surface area contributed by atoms with Gasteiger partial charge < -0.3 is 15.2 Å². The van der Waals surface area contributed by atoms with Crippen molar-refractivity contribution in [3.63, 3.8) is 0 Å². The van der Waals surface area contributed by atoms with Crippen LogP contribution in [0.1, 0.15) is 25.0 Å². The Bertz CT molecular complexity index is 1030. The molecule has 2 aromatic rings. The Morgan fingerprint density at radius 2 is 1.94 bits per heavy atom. The molecule has 0 unspecified atom stereocenters. The van der Waals surface area contributed by atoms with E-state index >= 15 is 4.39 Å². The van der Waals surface area contributed by atoms with Crippen molar-refractivity contribution in [2.24, 2.45) is 0 Å². The molecular formula is C24H25F4NO3. The van der Waals surface area contributed by atoms with Gasteiger partial charge in [0.05, 0.1) is 11.3 Å². The third-order valence-corrected chi connectivity index (χ3v) is 4.54. The second-order valence-electron chi connectivity index (χ2n) is 7.73. The van der Waals surface area contributed by atoms with E-state index in [1.54, 1.807) is 19.1 Å². The highest BCUT2D eigenvalue weighted by atomic mass is 19.1. The van der Waals surface area contributed by atoms with Crippen molar-refractivity contribution in [3.05, 3.63) is 82.8 Å². The minimum atomic E-state index is -1.17. The number of hydrogen-bond donors (Lipinski definition) is 2. The average Bonchev–Trinajstić information content (AvgIpc) is 2.73. The Morgan fingerprint density at radius 3 is 2.56 bits per heavy atom. The molecule has 0 amide bonds. The molecule has 172 valence electrons. The Labute approximate surface area is 184 Å². The third-order valence-electron chi connectivity index (χ3n) is 4.54. The summed E-state index contributed by atoms with van der Waals surface area (Å²) in [4.78, 5) is 10.6.